The van der Waals surface area contributed by atoms with Crippen molar-refractivity contribution in [2.75, 3.05) is 0 Å². The monoisotopic (exact) mass is 411 g/mol. The van der Waals surface area contributed by atoms with Crippen LogP contribution in [0.2, 0.25) is 10.0 Å². The highest BCUT2D eigenvalue weighted by atomic mass is 35.5. The number of aryl methyl sites for hydroxylation is 1. The van der Waals surface area contributed by atoms with Crippen LogP contribution in [0.5, 0.6) is 0 Å². The van der Waals surface area contributed by atoms with E-state index in [-0.39, 0.29) is 0 Å². The minimum absolute atomic E-state index is 0.320. The quantitative estimate of drug-likeness (QED) is 0.347. The largest absolute Gasteiger partial charge is 0.441 e. The highest BCUT2D eigenvalue weighted by Gasteiger charge is 2.15. The van der Waals surface area contributed by atoms with Crippen LogP contribution < -0.4 is 0 Å². The van der Waals surface area contributed by atoms with E-state index in [9.17, 15) is 4.39 Å². The standard InChI is InChI=1S/C21H12Cl2FN3O/c1-10-25-18-8-13(23)11(7-20(18)28-10)15-5-6-16-17(26-15)9-19(27-16)21-12(22)3-2-4-14(21)24/h2-9,27H,1H3. The Balaban J connectivity index is 1.66. The van der Waals surface area contributed by atoms with E-state index in [0.29, 0.717) is 49.5 Å². The second kappa shape index (κ2) is 6.33. The van der Waals surface area contributed by atoms with Crippen molar-refractivity contribution in [1.29, 1.82) is 0 Å². The number of nitrogens with zero attached hydrogens (tertiary/aromatic N) is 2. The third kappa shape index (κ3) is 2.75. The molecule has 0 saturated heterocycles. The molecule has 0 spiro atoms. The van der Waals surface area contributed by atoms with Gasteiger partial charge >= 0.3 is 0 Å². The molecule has 0 aliphatic heterocycles. The first-order valence-electron chi connectivity index (χ1n) is 8.51. The van der Waals surface area contributed by atoms with Gasteiger partial charge in [-0.2, -0.15) is 0 Å². The third-order valence-corrected chi connectivity index (χ3v) is 5.20. The molecule has 0 fully saturated rings. The van der Waals surface area contributed by atoms with E-state index in [1.807, 2.05) is 18.2 Å². The number of fused-ring (bicyclic) bond motifs is 2. The summed E-state index contributed by atoms with van der Waals surface area (Å²) in [6.07, 6.45) is 0. The Morgan fingerprint density at radius 1 is 0.964 bits per heavy atom. The van der Waals surface area contributed by atoms with Crippen LogP contribution in [-0.4, -0.2) is 15.0 Å². The Morgan fingerprint density at radius 2 is 1.82 bits per heavy atom. The number of nitrogens with one attached hydrogen (secondary N) is 1. The summed E-state index contributed by atoms with van der Waals surface area (Å²) >= 11 is 12.6. The number of oxazole rings is 1. The van der Waals surface area contributed by atoms with Crippen LogP contribution in [0.3, 0.4) is 0 Å². The number of H-pyrrole nitrogens is 1. The number of aromatic amines is 1. The first-order valence-corrected chi connectivity index (χ1v) is 9.26. The number of hydrogen-bond donors (Lipinski definition) is 1. The fraction of sp³-hybridized carbons (Fsp3) is 0.0476. The minimum atomic E-state index is -0.395. The Hall–Kier alpha value is -2.89. The van der Waals surface area contributed by atoms with E-state index in [2.05, 4.69) is 15.0 Å². The molecule has 138 valence electrons. The molecule has 3 heterocycles. The van der Waals surface area contributed by atoms with Gasteiger partial charge in [-0.15, -0.1) is 0 Å². The molecular weight excluding hydrogens is 400 g/mol. The van der Waals surface area contributed by atoms with E-state index >= 15 is 0 Å². The van der Waals surface area contributed by atoms with Gasteiger partial charge < -0.3 is 9.40 Å². The fourth-order valence-corrected chi connectivity index (χ4v) is 3.83. The summed E-state index contributed by atoms with van der Waals surface area (Å²) in [6.45, 7) is 1.78. The molecule has 28 heavy (non-hydrogen) atoms. The fourth-order valence-electron chi connectivity index (χ4n) is 3.31. The van der Waals surface area contributed by atoms with Gasteiger partial charge in [0.1, 0.15) is 11.3 Å². The number of rotatable bonds is 2. The van der Waals surface area contributed by atoms with Crippen LogP contribution in [0.1, 0.15) is 5.89 Å². The maximum atomic E-state index is 14.3. The topological polar surface area (TPSA) is 54.7 Å². The van der Waals surface area contributed by atoms with Crippen LogP contribution in [0.15, 0.2) is 52.9 Å². The third-order valence-electron chi connectivity index (χ3n) is 4.57. The van der Waals surface area contributed by atoms with Crippen LogP contribution in [0.4, 0.5) is 4.39 Å². The molecule has 1 N–H and O–H groups in total. The van der Waals surface area contributed by atoms with Crippen molar-refractivity contribution < 1.29 is 8.81 Å². The lowest BCUT2D eigenvalue weighted by Gasteiger charge is -2.03. The molecule has 0 radical (unpaired) electrons. The Morgan fingerprint density at radius 3 is 2.64 bits per heavy atom. The van der Waals surface area contributed by atoms with Gasteiger partial charge in [0.25, 0.3) is 0 Å². The molecule has 0 aliphatic rings. The average molecular weight is 412 g/mol. The minimum Gasteiger partial charge on any atom is -0.441 e. The molecule has 7 heteroatoms. The van der Waals surface area contributed by atoms with Crippen LogP contribution in [-0.2, 0) is 0 Å². The van der Waals surface area contributed by atoms with Gasteiger partial charge in [0, 0.05) is 12.5 Å². The van der Waals surface area contributed by atoms with Gasteiger partial charge in [0.05, 0.1) is 38.0 Å². The molecule has 0 amide bonds. The number of hydrogen-bond acceptors (Lipinski definition) is 3. The maximum Gasteiger partial charge on any atom is 0.192 e. The summed E-state index contributed by atoms with van der Waals surface area (Å²) in [7, 11) is 0. The molecule has 0 saturated carbocycles. The summed E-state index contributed by atoms with van der Waals surface area (Å²) in [5.41, 5.74) is 5.09. The lowest BCUT2D eigenvalue weighted by molar-refractivity contribution is 0.561. The van der Waals surface area contributed by atoms with Crippen molar-refractivity contribution in [3.05, 3.63) is 70.3 Å². The van der Waals surface area contributed by atoms with Gasteiger partial charge in [-0.3, -0.25) is 0 Å². The lowest BCUT2D eigenvalue weighted by Crippen LogP contribution is -1.85. The first kappa shape index (κ1) is 17.2. The summed E-state index contributed by atoms with van der Waals surface area (Å²) < 4.78 is 19.9. The highest BCUT2D eigenvalue weighted by Crippen LogP contribution is 2.35. The van der Waals surface area contributed by atoms with Crippen molar-refractivity contribution in [3.63, 3.8) is 0 Å². The molecule has 0 aliphatic carbocycles. The Labute approximate surface area is 168 Å². The predicted octanol–water partition coefficient (Wildman–Crippen LogP) is 6.79. The molecule has 0 atom stereocenters. The average Bonchev–Trinajstić information content (AvgIpc) is 3.22. The van der Waals surface area contributed by atoms with E-state index < -0.39 is 5.82 Å². The molecule has 3 aromatic heterocycles. The summed E-state index contributed by atoms with van der Waals surface area (Å²) in [6, 6.07) is 13.7. The zero-order valence-corrected chi connectivity index (χ0v) is 16.1. The molecule has 5 rings (SSSR count). The molecular formula is C21H12Cl2FN3O. The van der Waals surface area contributed by atoms with E-state index in [0.717, 1.165) is 11.1 Å². The van der Waals surface area contributed by atoms with Crippen molar-refractivity contribution in [3.8, 4) is 22.5 Å². The van der Waals surface area contributed by atoms with Gasteiger partial charge in [-0.25, -0.2) is 14.4 Å². The number of aromatic nitrogens is 3. The maximum absolute atomic E-state index is 14.3. The predicted molar refractivity (Wildman–Crippen MR) is 109 cm³/mol. The summed E-state index contributed by atoms with van der Waals surface area (Å²) in [5, 5.41) is 0.863. The Bertz CT molecular complexity index is 1350. The van der Waals surface area contributed by atoms with Gasteiger partial charge in [0.2, 0.25) is 0 Å². The van der Waals surface area contributed by atoms with E-state index in [1.54, 1.807) is 31.2 Å². The zero-order chi connectivity index (χ0) is 19.4. The van der Waals surface area contributed by atoms with Crippen molar-refractivity contribution in [1.82, 2.24) is 15.0 Å². The number of benzene rings is 2. The first-order chi connectivity index (χ1) is 13.5. The summed E-state index contributed by atoms with van der Waals surface area (Å²) in [5.74, 6) is 0.178. The van der Waals surface area contributed by atoms with Gasteiger partial charge in [0.15, 0.2) is 11.5 Å². The number of pyridine rings is 1. The second-order valence-corrected chi connectivity index (χ2v) is 7.26. The molecule has 0 bridgehead atoms. The van der Waals surface area contributed by atoms with Gasteiger partial charge in [-0.1, -0.05) is 29.3 Å². The normalized spacial score (nSPS) is 11.6. The lowest BCUT2D eigenvalue weighted by atomic mass is 10.1. The van der Waals surface area contributed by atoms with Crippen LogP contribution in [0, 0.1) is 12.7 Å². The molecule has 2 aromatic carbocycles. The van der Waals surface area contributed by atoms with Crippen LogP contribution >= 0.6 is 23.2 Å². The Kier molecular flexibility index (Phi) is 3.89. The van der Waals surface area contributed by atoms with E-state index in [4.69, 9.17) is 27.6 Å². The second-order valence-electron chi connectivity index (χ2n) is 6.44. The van der Waals surface area contributed by atoms with Gasteiger partial charge in [-0.05, 0) is 42.5 Å². The molecule has 0 unspecified atom stereocenters. The SMILES string of the molecule is Cc1nc2cc(Cl)c(-c3ccc4[nH]c(-c5c(F)cccc5Cl)cc4n3)cc2o1. The number of halogens is 3. The smallest absolute Gasteiger partial charge is 0.192 e. The van der Waals surface area contributed by atoms with Crippen LogP contribution in [0.25, 0.3) is 44.6 Å². The van der Waals surface area contributed by atoms with Crippen molar-refractivity contribution in [2.45, 2.75) is 6.92 Å². The van der Waals surface area contributed by atoms with E-state index in [1.165, 1.54) is 6.07 Å². The van der Waals surface area contributed by atoms with Crippen molar-refractivity contribution in [2.24, 2.45) is 0 Å². The zero-order valence-electron chi connectivity index (χ0n) is 14.6. The molecule has 5 aromatic rings. The summed E-state index contributed by atoms with van der Waals surface area (Å²) in [4.78, 5) is 12.1. The van der Waals surface area contributed by atoms with Crippen molar-refractivity contribution >= 4 is 45.3 Å². The highest BCUT2D eigenvalue weighted by molar-refractivity contribution is 6.34. The molecule has 4 nitrogen and oxygen atoms in total.